The highest BCUT2D eigenvalue weighted by Gasteiger charge is 2.27. The Kier molecular flexibility index (Phi) is 10.8. The molecule has 0 fully saturated rings. The van der Waals surface area contributed by atoms with Gasteiger partial charge in [-0.3, -0.25) is 4.52 Å². The van der Waals surface area contributed by atoms with Crippen LogP contribution in [0.25, 0.3) is 0 Å². The van der Waals surface area contributed by atoms with E-state index in [9.17, 15) is 9.36 Å². The lowest BCUT2D eigenvalue weighted by Crippen LogP contribution is -2.20. The monoisotopic (exact) mass is 280 g/mol. The minimum Gasteiger partial charge on any atom is -0.432 e. The van der Waals surface area contributed by atoms with Crippen molar-refractivity contribution in [1.29, 1.82) is 0 Å². The van der Waals surface area contributed by atoms with Gasteiger partial charge in [0, 0.05) is 12.0 Å². The van der Waals surface area contributed by atoms with E-state index in [-0.39, 0.29) is 18.6 Å². The predicted molar refractivity (Wildman–Crippen MR) is 68.8 cm³/mol. The van der Waals surface area contributed by atoms with E-state index in [2.05, 4.69) is 28.8 Å². The van der Waals surface area contributed by atoms with E-state index in [4.69, 9.17) is 9.63 Å². The molecule has 0 amide bonds. The lowest BCUT2D eigenvalue weighted by molar-refractivity contribution is -0.161. The van der Waals surface area contributed by atoms with Gasteiger partial charge in [-0.1, -0.05) is 13.5 Å². The zero-order valence-electron chi connectivity index (χ0n) is 11.0. The first kappa shape index (κ1) is 19.4. The highest BCUT2D eigenvalue weighted by Crippen LogP contribution is 2.44. The Morgan fingerprint density at radius 3 is 2.22 bits per heavy atom. The van der Waals surface area contributed by atoms with Gasteiger partial charge in [0.2, 0.25) is 6.29 Å². The van der Waals surface area contributed by atoms with Crippen molar-refractivity contribution in [3.05, 3.63) is 25.3 Å². The topological polar surface area (TPSA) is 82.1 Å². The van der Waals surface area contributed by atoms with E-state index < -0.39 is 20.1 Å². The normalized spacial score (nSPS) is 14.7. The molecule has 0 aromatic heterocycles. The van der Waals surface area contributed by atoms with Crippen molar-refractivity contribution in [1.82, 2.24) is 0 Å². The van der Waals surface area contributed by atoms with Crippen molar-refractivity contribution in [2.45, 2.75) is 33.5 Å². The summed E-state index contributed by atoms with van der Waals surface area (Å²) >= 11 is 0. The van der Waals surface area contributed by atoms with Crippen molar-refractivity contribution in [3.8, 4) is 0 Å². The molecule has 0 saturated carbocycles. The number of ether oxygens (including phenoxy) is 1. The van der Waals surface area contributed by atoms with Crippen LogP contribution in [0.3, 0.4) is 0 Å². The fourth-order valence-electron chi connectivity index (χ4n) is 0.742. The summed E-state index contributed by atoms with van der Waals surface area (Å²) in [7, 11) is -4.16. The molecule has 2 unspecified atom stereocenters. The van der Waals surface area contributed by atoms with Crippen LogP contribution in [0, 0.1) is 0 Å². The Morgan fingerprint density at radius 1 is 1.39 bits per heavy atom. The zero-order valence-corrected chi connectivity index (χ0v) is 11.9. The van der Waals surface area contributed by atoms with Gasteiger partial charge in [0.05, 0.1) is 6.61 Å². The first-order valence-corrected chi connectivity index (χ1v) is 6.84. The van der Waals surface area contributed by atoms with Crippen LogP contribution in [0.5, 0.6) is 0 Å². The summed E-state index contributed by atoms with van der Waals surface area (Å²) in [5.74, 6) is -0.677. The summed E-state index contributed by atoms with van der Waals surface area (Å²) in [5, 5.41) is 0. The van der Waals surface area contributed by atoms with Crippen LogP contribution in [-0.4, -0.2) is 23.8 Å². The third-order valence-electron chi connectivity index (χ3n) is 1.46. The molecular weight excluding hydrogens is 259 g/mol. The maximum Gasteiger partial charge on any atom is 0.475 e. The smallest absolute Gasteiger partial charge is 0.432 e. The molecule has 0 aliphatic rings. The molecule has 0 radical (unpaired) electrons. The lowest BCUT2D eigenvalue weighted by Gasteiger charge is -2.19. The van der Waals surface area contributed by atoms with Crippen LogP contribution in [0.2, 0.25) is 0 Å². The molecule has 7 heteroatoms. The summed E-state index contributed by atoms with van der Waals surface area (Å²) in [6, 6.07) is 0. The molecule has 18 heavy (non-hydrogen) atoms. The maximum atomic E-state index is 11.2. The van der Waals surface area contributed by atoms with Gasteiger partial charge in [-0.15, -0.1) is 13.2 Å². The van der Waals surface area contributed by atoms with Gasteiger partial charge in [0.15, 0.2) is 0 Å². The van der Waals surface area contributed by atoms with Crippen molar-refractivity contribution >= 4 is 13.8 Å². The second-order valence-electron chi connectivity index (χ2n) is 3.02. The highest BCUT2D eigenvalue weighted by atomic mass is 31.2. The van der Waals surface area contributed by atoms with Gasteiger partial charge in [-0.05, 0) is 13.8 Å². The molecule has 0 spiro atoms. The molecule has 0 aromatic rings. The predicted octanol–water partition coefficient (Wildman–Crippen LogP) is 2.80. The van der Waals surface area contributed by atoms with E-state index >= 15 is 0 Å². The third-order valence-corrected chi connectivity index (χ3v) is 2.55. The summed E-state index contributed by atoms with van der Waals surface area (Å²) in [6.45, 7) is 14.1. The molecule has 0 aliphatic carbocycles. The number of phosphoric acid groups is 1. The molecule has 1 N–H and O–H groups in total. The molecule has 0 rings (SSSR count). The van der Waals surface area contributed by atoms with Crippen molar-refractivity contribution in [2.75, 3.05) is 6.61 Å². The molecule has 2 atom stereocenters. The van der Waals surface area contributed by atoms with Crippen molar-refractivity contribution in [3.63, 3.8) is 0 Å². The van der Waals surface area contributed by atoms with Crippen LogP contribution < -0.4 is 0 Å². The number of hydrogen-bond acceptors (Lipinski definition) is 5. The Morgan fingerprint density at radius 2 is 1.89 bits per heavy atom. The molecule has 0 heterocycles. The van der Waals surface area contributed by atoms with Crippen LogP contribution in [0.1, 0.15) is 27.2 Å². The van der Waals surface area contributed by atoms with E-state index in [0.717, 1.165) is 0 Å². The fraction of sp³-hybridized carbons (Fsp3) is 0.545. The Hall–Kier alpha value is -0.940. The summed E-state index contributed by atoms with van der Waals surface area (Å²) < 4.78 is 25.1. The van der Waals surface area contributed by atoms with Crippen molar-refractivity contribution < 1.29 is 28.0 Å². The summed E-state index contributed by atoms with van der Waals surface area (Å²) in [6.07, 6.45) is -0.886. The largest absolute Gasteiger partial charge is 0.475 e. The number of carbonyl (C=O) groups excluding carboxylic acids is 1. The van der Waals surface area contributed by atoms with Gasteiger partial charge in [0.1, 0.15) is 0 Å². The fourth-order valence-corrected chi connectivity index (χ4v) is 1.62. The standard InChI is InChI=1S/C9H17O6P.C2H4/c1-5-8(14-9(10)7(3)4)15-16(11,12)13-6-2;1-2/h8H,3,5-6H2,1-2,4H3,(H,11,12);1-2H2. The first-order valence-electron chi connectivity index (χ1n) is 5.34. The molecule has 0 aromatic carbocycles. The molecule has 0 aliphatic heterocycles. The second kappa shape index (κ2) is 10.0. The number of phosphoric ester groups is 1. The average Bonchev–Trinajstić information content (AvgIpc) is 2.30. The number of rotatable bonds is 7. The zero-order chi connectivity index (χ0) is 14.8. The van der Waals surface area contributed by atoms with E-state index in [1.54, 1.807) is 13.8 Å². The van der Waals surface area contributed by atoms with E-state index in [1.807, 2.05) is 0 Å². The highest BCUT2D eigenvalue weighted by molar-refractivity contribution is 7.47. The van der Waals surface area contributed by atoms with Gasteiger partial charge in [-0.25, -0.2) is 13.9 Å². The number of hydrogen-bond donors (Lipinski definition) is 1. The third kappa shape index (κ3) is 9.13. The SMILES string of the molecule is C=C.C=C(C)C(=O)OC(CC)OP(=O)(O)OCC. The molecule has 0 saturated heterocycles. The lowest BCUT2D eigenvalue weighted by atomic mass is 10.3. The Labute approximate surface area is 108 Å². The minimum atomic E-state index is -4.16. The van der Waals surface area contributed by atoms with E-state index in [1.165, 1.54) is 6.92 Å². The number of esters is 1. The van der Waals surface area contributed by atoms with Crippen LogP contribution in [0.15, 0.2) is 25.3 Å². The maximum absolute atomic E-state index is 11.2. The van der Waals surface area contributed by atoms with E-state index in [0.29, 0.717) is 0 Å². The molecule has 106 valence electrons. The Balaban J connectivity index is 0. The Bertz CT molecular complexity index is 315. The van der Waals surface area contributed by atoms with Gasteiger partial charge in [-0.2, -0.15) is 0 Å². The molecule has 0 bridgehead atoms. The second-order valence-corrected chi connectivity index (χ2v) is 4.42. The van der Waals surface area contributed by atoms with Crippen LogP contribution in [-0.2, 0) is 23.1 Å². The van der Waals surface area contributed by atoms with Crippen LogP contribution >= 0.6 is 7.82 Å². The van der Waals surface area contributed by atoms with Gasteiger partial charge >= 0.3 is 13.8 Å². The molecule has 6 nitrogen and oxygen atoms in total. The van der Waals surface area contributed by atoms with Gasteiger partial charge < -0.3 is 9.63 Å². The number of carbonyl (C=O) groups is 1. The summed E-state index contributed by atoms with van der Waals surface area (Å²) in [4.78, 5) is 20.3. The van der Waals surface area contributed by atoms with Crippen LogP contribution in [0.4, 0.5) is 0 Å². The summed E-state index contributed by atoms with van der Waals surface area (Å²) in [5.41, 5.74) is 0.186. The molecular formula is C11H21O6P. The average molecular weight is 280 g/mol. The van der Waals surface area contributed by atoms with Gasteiger partial charge in [0.25, 0.3) is 0 Å². The minimum absolute atomic E-state index is 0.0264. The van der Waals surface area contributed by atoms with Crippen molar-refractivity contribution in [2.24, 2.45) is 0 Å². The first-order chi connectivity index (χ1) is 8.32. The quantitative estimate of drug-likeness (QED) is 0.254.